The minimum Gasteiger partial charge on any atom is -0.494 e. The van der Waals surface area contributed by atoms with Crippen molar-refractivity contribution in [3.8, 4) is 5.75 Å². The molecule has 1 aliphatic rings. The van der Waals surface area contributed by atoms with Gasteiger partial charge in [0.1, 0.15) is 0 Å². The van der Waals surface area contributed by atoms with Gasteiger partial charge < -0.3 is 4.74 Å². The van der Waals surface area contributed by atoms with Crippen molar-refractivity contribution in [3.63, 3.8) is 0 Å². The summed E-state index contributed by atoms with van der Waals surface area (Å²) in [6.07, 6.45) is 4.99. The maximum Gasteiger partial charge on any atom is 0.269 e. The summed E-state index contributed by atoms with van der Waals surface area (Å²) in [6.45, 7) is 0. The summed E-state index contributed by atoms with van der Waals surface area (Å²) in [6, 6.07) is 2.88. The molecule has 5 nitrogen and oxygen atoms in total. The Labute approximate surface area is 139 Å². The van der Waals surface area contributed by atoms with Gasteiger partial charge in [-0.25, -0.2) is 0 Å². The molecule has 0 atom stereocenters. The number of carbonyl (C=O) groups excluding carboxylic acids is 2. The molecule has 0 spiro atoms. The molecule has 0 aliphatic heterocycles. The normalized spacial score (nSPS) is 15.2. The fraction of sp³-hybridized carbons (Fsp3) is 0.467. The lowest BCUT2D eigenvalue weighted by Gasteiger charge is -2.20. The number of hydrazine groups is 1. The van der Waals surface area contributed by atoms with Crippen LogP contribution in [-0.4, -0.2) is 18.9 Å². The van der Waals surface area contributed by atoms with Gasteiger partial charge in [-0.2, -0.15) is 0 Å². The highest BCUT2D eigenvalue weighted by atomic mass is 35.5. The molecule has 7 heteroatoms. The minimum absolute atomic E-state index is 0.0305. The van der Waals surface area contributed by atoms with E-state index in [1.165, 1.54) is 25.7 Å². The third-order valence-corrected chi connectivity index (χ3v) is 4.30. The van der Waals surface area contributed by atoms with Gasteiger partial charge in [-0.05, 0) is 25.0 Å². The highest BCUT2D eigenvalue weighted by Gasteiger charge is 2.21. The number of nitrogens with one attached hydrogen (secondary N) is 2. The number of carbonyl (C=O) groups is 2. The molecule has 2 rings (SSSR count). The van der Waals surface area contributed by atoms with Gasteiger partial charge in [-0.3, -0.25) is 20.4 Å². The molecule has 2 amide bonds. The lowest BCUT2D eigenvalue weighted by atomic mass is 9.89. The Hall–Kier alpha value is -1.46. The zero-order valence-corrected chi connectivity index (χ0v) is 13.8. The Morgan fingerprint density at radius 3 is 2.23 bits per heavy atom. The second kappa shape index (κ2) is 7.70. The van der Waals surface area contributed by atoms with Gasteiger partial charge in [-0.15, -0.1) is 0 Å². The monoisotopic (exact) mass is 344 g/mol. The first kappa shape index (κ1) is 16.9. The molecule has 0 aromatic heterocycles. The molecule has 0 saturated heterocycles. The third kappa shape index (κ3) is 4.05. The van der Waals surface area contributed by atoms with E-state index in [2.05, 4.69) is 10.9 Å². The molecule has 0 radical (unpaired) electrons. The van der Waals surface area contributed by atoms with Gasteiger partial charge in [0.05, 0.1) is 17.2 Å². The van der Waals surface area contributed by atoms with Crippen LogP contribution in [0.5, 0.6) is 5.75 Å². The molecule has 1 fully saturated rings. The van der Waals surface area contributed by atoms with Crippen LogP contribution in [0.3, 0.4) is 0 Å². The average Bonchev–Trinajstić information content (AvgIpc) is 2.52. The lowest BCUT2D eigenvalue weighted by molar-refractivity contribution is -0.126. The van der Waals surface area contributed by atoms with Crippen LogP contribution in [0.25, 0.3) is 0 Å². The number of amides is 2. The maximum absolute atomic E-state index is 12.1. The Morgan fingerprint density at radius 1 is 1.09 bits per heavy atom. The highest BCUT2D eigenvalue weighted by Crippen LogP contribution is 2.33. The predicted octanol–water partition coefficient (Wildman–Crippen LogP) is 3.34. The quantitative estimate of drug-likeness (QED) is 0.826. The Kier molecular flexibility index (Phi) is 5.91. The van der Waals surface area contributed by atoms with Crippen molar-refractivity contribution < 1.29 is 14.3 Å². The van der Waals surface area contributed by atoms with Crippen LogP contribution in [-0.2, 0) is 4.79 Å². The second-order valence-corrected chi connectivity index (χ2v) is 6.07. The first-order valence-electron chi connectivity index (χ1n) is 7.16. The zero-order valence-electron chi connectivity index (χ0n) is 12.2. The van der Waals surface area contributed by atoms with Crippen LogP contribution in [0, 0.1) is 5.92 Å². The summed E-state index contributed by atoms with van der Waals surface area (Å²) in [5.74, 6) is -0.349. The number of benzene rings is 1. The van der Waals surface area contributed by atoms with Gasteiger partial charge >= 0.3 is 0 Å². The lowest BCUT2D eigenvalue weighted by Crippen LogP contribution is -2.44. The van der Waals surface area contributed by atoms with E-state index in [-0.39, 0.29) is 27.4 Å². The first-order chi connectivity index (χ1) is 10.5. The van der Waals surface area contributed by atoms with Gasteiger partial charge in [0, 0.05) is 11.5 Å². The Morgan fingerprint density at radius 2 is 1.68 bits per heavy atom. The number of halogens is 2. The molecule has 1 aromatic carbocycles. The SMILES string of the molecule is COc1c(Cl)cc(C(=O)NNC(=O)C2CCCCC2)cc1Cl. The van der Waals surface area contributed by atoms with Crippen LogP contribution in [0.15, 0.2) is 12.1 Å². The Balaban J connectivity index is 1.96. The number of hydrogen-bond donors (Lipinski definition) is 2. The fourth-order valence-electron chi connectivity index (χ4n) is 2.54. The minimum atomic E-state index is -0.476. The van der Waals surface area contributed by atoms with Gasteiger partial charge in [-0.1, -0.05) is 42.5 Å². The van der Waals surface area contributed by atoms with Crippen molar-refractivity contribution >= 4 is 35.0 Å². The van der Waals surface area contributed by atoms with Gasteiger partial charge in [0.2, 0.25) is 5.91 Å². The van der Waals surface area contributed by atoms with Crippen LogP contribution in [0.4, 0.5) is 0 Å². The molecule has 22 heavy (non-hydrogen) atoms. The third-order valence-electron chi connectivity index (χ3n) is 3.74. The van der Waals surface area contributed by atoms with Crippen molar-refractivity contribution in [1.82, 2.24) is 10.9 Å². The summed E-state index contributed by atoms with van der Waals surface area (Å²) in [5, 5.41) is 0.470. The topological polar surface area (TPSA) is 67.4 Å². The fourth-order valence-corrected chi connectivity index (χ4v) is 3.18. The Bertz CT molecular complexity index is 549. The van der Waals surface area contributed by atoms with E-state index < -0.39 is 5.91 Å². The molecule has 0 bridgehead atoms. The van der Waals surface area contributed by atoms with Crippen molar-refractivity contribution in [1.29, 1.82) is 0 Å². The highest BCUT2D eigenvalue weighted by molar-refractivity contribution is 6.37. The molecule has 1 saturated carbocycles. The summed E-state index contributed by atoms with van der Waals surface area (Å²) in [7, 11) is 1.44. The molecule has 0 unspecified atom stereocenters. The molecule has 1 aromatic rings. The van der Waals surface area contributed by atoms with Crippen LogP contribution < -0.4 is 15.6 Å². The van der Waals surface area contributed by atoms with E-state index in [0.717, 1.165) is 25.7 Å². The van der Waals surface area contributed by atoms with Gasteiger partial charge in [0.25, 0.3) is 5.91 Å². The zero-order chi connectivity index (χ0) is 16.1. The van der Waals surface area contributed by atoms with Crippen LogP contribution in [0.1, 0.15) is 42.5 Å². The van der Waals surface area contributed by atoms with Crippen molar-refractivity contribution in [2.75, 3.05) is 7.11 Å². The van der Waals surface area contributed by atoms with Crippen molar-refractivity contribution in [3.05, 3.63) is 27.7 Å². The van der Waals surface area contributed by atoms with Crippen LogP contribution >= 0.6 is 23.2 Å². The van der Waals surface area contributed by atoms with Crippen LogP contribution in [0.2, 0.25) is 10.0 Å². The number of hydrogen-bond acceptors (Lipinski definition) is 3. The van der Waals surface area contributed by atoms with E-state index in [9.17, 15) is 9.59 Å². The summed E-state index contributed by atoms with van der Waals surface area (Å²) in [4.78, 5) is 24.0. The summed E-state index contributed by atoms with van der Waals surface area (Å²) >= 11 is 12.0. The molecule has 120 valence electrons. The van der Waals surface area contributed by atoms with E-state index >= 15 is 0 Å². The summed E-state index contributed by atoms with van der Waals surface area (Å²) in [5.41, 5.74) is 5.10. The van der Waals surface area contributed by atoms with Crippen molar-refractivity contribution in [2.45, 2.75) is 32.1 Å². The largest absolute Gasteiger partial charge is 0.494 e. The van der Waals surface area contributed by atoms with E-state index in [1.807, 2.05) is 0 Å². The smallest absolute Gasteiger partial charge is 0.269 e. The van der Waals surface area contributed by atoms with E-state index in [1.54, 1.807) is 0 Å². The molecule has 2 N–H and O–H groups in total. The average molecular weight is 345 g/mol. The molecular weight excluding hydrogens is 327 g/mol. The predicted molar refractivity (Wildman–Crippen MR) is 85.2 cm³/mol. The van der Waals surface area contributed by atoms with E-state index in [4.69, 9.17) is 27.9 Å². The molecule has 1 aliphatic carbocycles. The number of rotatable bonds is 3. The first-order valence-corrected chi connectivity index (χ1v) is 7.91. The second-order valence-electron chi connectivity index (χ2n) is 5.25. The van der Waals surface area contributed by atoms with E-state index in [0.29, 0.717) is 5.75 Å². The van der Waals surface area contributed by atoms with Gasteiger partial charge in [0.15, 0.2) is 5.75 Å². The standard InChI is InChI=1S/C15H18Cl2N2O3/c1-22-13-11(16)7-10(8-12(13)17)15(21)19-18-14(20)9-5-3-2-4-6-9/h7-9H,2-6H2,1H3,(H,18,20)(H,19,21). The number of methoxy groups -OCH3 is 1. The maximum atomic E-state index is 12.1. The molecular formula is C15H18Cl2N2O3. The summed E-state index contributed by atoms with van der Waals surface area (Å²) < 4.78 is 5.02. The number of ether oxygens (including phenoxy) is 1. The molecule has 0 heterocycles. The van der Waals surface area contributed by atoms with Crippen molar-refractivity contribution in [2.24, 2.45) is 5.92 Å².